The van der Waals surface area contributed by atoms with Crippen molar-refractivity contribution in [3.05, 3.63) is 94.8 Å². The van der Waals surface area contributed by atoms with Gasteiger partial charge in [0.05, 0.1) is 0 Å². The van der Waals surface area contributed by atoms with Crippen LogP contribution in [0, 0.1) is 5.82 Å². The van der Waals surface area contributed by atoms with Gasteiger partial charge in [0, 0.05) is 49.4 Å². The number of hydrogen-bond donors (Lipinski definition) is 0. The van der Waals surface area contributed by atoms with Crippen LogP contribution in [0.3, 0.4) is 0 Å². The van der Waals surface area contributed by atoms with Crippen LogP contribution in [-0.4, -0.2) is 24.5 Å². The Kier molecular flexibility index (Phi) is 5.65. The summed E-state index contributed by atoms with van der Waals surface area (Å²) in [7, 11) is 0. The van der Waals surface area contributed by atoms with Crippen LogP contribution >= 0.6 is 0 Å². The van der Waals surface area contributed by atoms with Crippen LogP contribution < -0.4 is 9.64 Å². The Morgan fingerprint density at radius 2 is 1.68 bits per heavy atom. The first-order valence-electron chi connectivity index (χ1n) is 11.3. The molecule has 0 radical (unpaired) electrons. The van der Waals surface area contributed by atoms with Gasteiger partial charge in [-0.05, 0) is 42.6 Å². The Labute approximate surface area is 184 Å². The third-order valence-electron chi connectivity index (χ3n) is 6.59. The third-order valence-corrected chi connectivity index (χ3v) is 6.59. The number of ether oxygens (including phenoxy) is 1. The molecule has 160 valence electrons. The van der Waals surface area contributed by atoms with Crippen molar-refractivity contribution in [1.82, 2.24) is 4.90 Å². The van der Waals surface area contributed by atoms with Gasteiger partial charge in [0.1, 0.15) is 18.2 Å². The first-order valence-corrected chi connectivity index (χ1v) is 11.3. The van der Waals surface area contributed by atoms with Gasteiger partial charge in [-0.25, -0.2) is 4.39 Å². The van der Waals surface area contributed by atoms with Crippen molar-refractivity contribution in [2.75, 3.05) is 24.5 Å². The van der Waals surface area contributed by atoms with E-state index in [0.29, 0.717) is 18.3 Å². The number of nitrogens with zero attached hydrogens (tertiary/aromatic N) is 2. The molecule has 0 amide bonds. The van der Waals surface area contributed by atoms with E-state index in [1.165, 1.54) is 16.7 Å². The van der Waals surface area contributed by atoms with E-state index in [1.807, 2.05) is 30.3 Å². The normalized spacial score (nSPS) is 17.6. The van der Waals surface area contributed by atoms with Gasteiger partial charge in [-0.15, -0.1) is 0 Å². The zero-order valence-electron chi connectivity index (χ0n) is 18.1. The summed E-state index contributed by atoms with van der Waals surface area (Å²) in [5, 5.41) is 0. The monoisotopic (exact) mass is 416 g/mol. The van der Waals surface area contributed by atoms with Crippen LogP contribution in [0.4, 0.5) is 10.1 Å². The Bertz CT molecular complexity index is 1030. The zero-order valence-corrected chi connectivity index (χ0v) is 18.1. The van der Waals surface area contributed by atoms with Gasteiger partial charge in [-0.2, -0.15) is 0 Å². The third kappa shape index (κ3) is 4.17. The molecule has 4 heteroatoms. The van der Waals surface area contributed by atoms with Gasteiger partial charge in [-0.3, -0.25) is 4.90 Å². The second kappa shape index (κ2) is 8.72. The summed E-state index contributed by atoms with van der Waals surface area (Å²) >= 11 is 0. The van der Waals surface area contributed by atoms with E-state index in [0.717, 1.165) is 50.4 Å². The number of hydrogen-bond acceptors (Lipinski definition) is 3. The average molecular weight is 417 g/mol. The van der Waals surface area contributed by atoms with E-state index in [9.17, 15) is 4.39 Å². The first kappa shape index (κ1) is 20.1. The maximum Gasteiger partial charge on any atom is 0.128 e. The Morgan fingerprint density at radius 1 is 0.968 bits per heavy atom. The summed E-state index contributed by atoms with van der Waals surface area (Å²) in [6.07, 6.45) is 1.05. The fourth-order valence-electron chi connectivity index (χ4n) is 5.00. The molecule has 3 aromatic carbocycles. The summed E-state index contributed by atoms with van der Waals surface area (Å²) in [4.78, 5) is 4.81. The molecule has 3 nitrogen and oxygen atoms in total. The van der Waals surface area contributed by atoms with E-state index < -0.39 is 0 Å². The quantitative estimate of drug-likeness (QED) is 0.489. The lowest BCUT2D eigenvalue weighted by Gasteiger charge is -2.20. The summed E-state index contributed by atoms with van der Waals surface area (Å²) in [6.45, 7) is 7.47. The van der Waals surface area contributed by atoms with Gasteiger partial charge < -0.3 is 9.64 Å². The fraction of sp³-hybridized carbons (Fsp3) is 0.333. The van der Waals surface area contributed by atoms with Gasteiger partial charge in [0.15, 0.2) is 0 Å². The van der Waals surface area contributed by atoms with Crippen molar-refractivity contribution in [2.45, 2.75) is 39.0 Å². The lowest BCUT2D eigenvalue weighted by Crippen LogP contribution is -2.24. The number of likely N-dealkylation sites (N-methyl/N-ethyl adjacent to an activating group) is 1. The average Bonchev–Trinajstić information content (AvgIpc) is 3.37. The summed E-state index contributed by atoms with van der Waals surface area (Å²) in [5.41, 5.74) is 6.16. The van der Waals surface area contributed by atoms with Crippen molar-refractivity contribution < 1.29 is 9.13 Å². The molecular formula is C27H29FN2O. The smallest absolute Gasteiger partial charge is 0.128 e. The molecule has 0 bridgehead atoms. The SMILES string of the molecule is CCN1CC(CCN2Cc3ccccc3C2)c2c(OCc3ccccc3)cc(F)cc21. The van der Waals surface area contributed by atoms with Crippen molar-refractivity contribution in [2.24, 2.45) is 0 Å². The largest absolute Gasteiger partial charge is 0.488 e. The molecular weight excluding hydrogens is 387 g/mol. The maximum absolute atomic E-state index is 14.5. The van der Waals surface area contributed by atoms with Gasteiger partial charge in [-0.1, -0.05) is 54.6 Å². The highest BCUT2D eigenvalue weighted by Crippen LogP contribution is 2.45. The van der Waals surface area contributed by atoms with Gasteiger partial charge >= 0.3 is 0 Å². The Morgan fingerprint density at radius 3 is 2.39 bits per heavy atom. The zero-order chi connectivity index (χ0) is 21.2. The highest BCUT2D eigenvalue weighted by molar-refractivity contribution is 5.65. The molecule has 1 unspecified atom stereocenters. The minimum absolute atomic E-state index is 0.226. The van der Waals surface area contributed by atoms with E-state index >= 15 is 0 Å². The van der Waals surface area contributed by atoms with Crippen molar-refractivity contribution >= 4 is 5.69 Å². The van der Waals surface area contributed by atoms with Crippen LogP contribution in [0.1, 0.15) is 41.5 Å². The van der Waals surface area contributed by atoms with Crippen LogP contribution in [0.2, 0.25) is 0 Å². The Balaban J connectivity index is 1.34. The molecule has 0 aromatic heterocycles. The summed E-state index contributed by atoms with van der Waals surface area (Å²) in [6, 6.07) is 22.1. The number of anilines is 1. The molecule has 0 N–H and O–H groups in total. The van der Waals surface area contributed by atoms with Crippen molar-refractivity contribution in [3.8, 4) is 5.75 Å². The topological polar surface area (TPSA) is 15.7 Å². The first-order chi connectivity index (χ1) is 15.2. The molecule has 2 aliphatic rings. The molecule has 2 heterocycles. The maximum atomic E-state index is 14.5. The number of benzene rings is 3. The lowest BCUT2D eigenvalue weighted by molar-refractivity contribution is 0.269. The Hall–Kier alpha value is -2.85. The predicted octanol–water partition coefficient (Wildman–Crippen LogP) is 5.73. The fourth-order valence-corrected chi connectivity index (χ4v) is 5.00. The molecule has 0 saturated carbocycles. The van der Waals surface area contributed by atoms with E-state index in [2.05, 4.69) is 41.0 Å². The van der Waals surface area contributed by atoms with Crippen molar-refractivity contribution in [1.29, 1.82) is 0 Å². The van der Waals surface area contributed by atoms with E-state index in [-0.39, 0.29) is 5.82 Å². The molecule has 0 spiro atoms. The molecule has 0 saturated heterocycles. The van der Waals surface area contributed by atoms with Gasteiger partial charge in [0.25, 0.3) is 0 Å². The minimum atomic E-state index is -0.226. The van der Waals surface area contributed by atoms with Crippen LogP contribution in [-0.2, 0) is 19.7 Å². The van der Waals surface area contributed by atoms with E-state index in [4.69, 9.17) is 4.74 Å². The molecule has 1 atom stereocenters. The van der Waals surface area contributed by atoms with Crippen LogP contribution in [0.15, 0.2) is 66.7 Å². The predicted molar refractivity (Wildman–Crippen MR) is 123 cm³/mol. The highest BCUT2D eigenvalue weighted by atomic mass is 19.1. The second-order valence-corrected chi connectivity index (χ2v) is 8.61. The summed E-state index contributed by atoms with van der Waals surface area (Å²) in [5.74, 6) is 0.824. The van der Waals surface area contributed by atoms with Crippen LogP contribution in [0.25, 0.3) is 0 Å². The number of rotatable bonds is 7. The van der Waals surface area contributed by atoms with E-state index in [1.54, 1.807) is 12.1 Å². The standard InChI is InChI=1S/C27H29FN2O/c1-2-30-18-23(12-13-29-16-21-10-6-7-11-22(21)17-29)27-25(30)14-24(28)15-26(27)31-19-20-8-4-3-5-9-20/h3-11,14-15,23H,2,12-13,16-19H2,1H3. The van der Waals surface area contributed by atoms with Crippen LogP contribution in [0.5, 0.6) is 5.75 Å². The lowest BCUT2D eigenvalue weighted by atomic mass is 9.96. The number of fused-ring (bicyclic) bond motifs is 2. The minimum Gasteiger partial charge on any atom is -0.488 e. The van der Waals surface area contributed by atoms with Crippen molar-refractivity contribution in [3.63, 3.8) is 0 Å². The van der Waals surface area contributed by atoms with Gasteiger partial charge in [0.2, 0.25) is 0 Å². The highest BCUT2D eigenvalue weighted by Gasteiger charge is 2.32. The molecule has 5 rings (SSSR count). The molecule has 2 aliphatic heterocycles. The molecule has 0 fully saturated rings. The molecule has 31 heavy (non-hydrogen) atoms. The number of halogens is 1. The molecule has 0 aliphatic carbocycles. The second-order valence-electron chi connectivity index (χ2n) is 8.61. The molecule has 3 aromatic rings. The summed E-state index contributed by atoms with van der Waals surface area (Å²) < 4.78 is 20.6.